The minimum Gasteiger partial charge on any atom is -0.481 e. The van der Waals surface area contributed by atoms with Gasteiger partial charge in [0.2, 0.25) is 5.88 Å². The first-order valence-corrected chi connectivity index (χ1v) is 4.10. The van der Waals surface area contributed by atoms with Crippen LogP contribution in [0.2, 0.25) is 0 Å². The second-order valence-corrected chi connectivity index (χ2v) is 2.63. The van der Waals surface area contributed by atoms with Gasteiger partial charge in [-0.3, -0.25) is 0 Å². The Labute approximate surface area is 72.0 Å². The van der Waals surface area contributed by atoms with Crippen molar-refractivity contribution in [3.8, 4) is 5.88 Å². The lowest BCUT2D eigenvalue weighted by atomic mass is 10.2. The number of nitrogens with zero attached hydrogens (tertiary/aromatic N) is 1. The Balaban J connectivity index is 2.74. The van der Waals surface area contributed by atoms with Gasteiger partial charge in [-0.2, -0.15) is 12.6 Å². The van der Waals surface area contributed by atoms with E-state index in [1.165, 1.54) is 5.56 Å². The number of aromatic nitrogens is 1. The molecule has 0 radical (unpaired) electrons. The molecule has 0 fully saturated rings. The van der Waals surface area contributed by atoms with E-state index in [0.29, 0.717) is 5.88 Å². The molecule has 0 bridgehead atoms. The zero-order valence-corrected chi connectivity index (χ0v) is 7.34. The SMILES string of the molecule is COc1cc(CCS)ccn1. The molecule has 0 aliphatic rings. The number of hydrogen-bond acceptors (Lipinski definition) is 3. The average molecular weight is 169 g/mol. The molecule has 0 amide bonds. The molecule has 0 saturated carbocycles. The summed E-state index contributed by atoms with van der Waals surface area (Å²) in [5.74, 6) is 1.52. The van der Waals surface area contributed by atoms with E-state index in [-0.39, 0.29) is 0 Å². The van der Waals surface area contributed by atoms with Gasteiger partial charge in [0.25, 0.3) is 0 Å². The van der Waals surface area contributed by atoms with Crippen LogP contribution in [0, 0.1) is 0 Å². The van der Waals surface area contributed by atoms with E-state index in [0.717, 1.165) is 12.2 Å². The number of methoxy groups -OCH3 is 1. The largest absolute Gasteiger partial charge is 0.481 e. The Hall–Kier alpha value is -0.700. The molecule has 2 nitrogen and oxygen atoms in total. The van der Waals surface area contributed by atoms with Crippen LogP contribution in [0.5, 0.6) is 5.88 Å². The molecule has 0 spiro atoms. The number of rotatable bonds is 3. The Morgan fingerprint density at radius 3 is 3.09 bits per heavy atom. The van der Waals surface area contributed by atoms with Crippen molar-refractivity contribution >= 4 is 12.6 Å². The number of hydrogen-bond donors (Lipinski definition) is 1. The van der Waals surface area contributed by atoms with Gasteiger partial charge in [-0.05, 0) is 23.8 Å². The third kappa shape index (κ3) is 2.42. The summed E-state index contributed by atoms with van der Waals surface area (Å²) in [6.45, 7) is 0. The van der Waals surface area contributed by atoms with E-state index in [9.17, 15) is 0 Å². The summed E-state index contributed by atoms with van der Waals surface area (Å²) in [7, 11) is 1.62. The Kier molecular flexibility index (Phi) is 3.23. The van der Waals surface area contributed by atoms with Crippen molar-refractivity contribution in [3.63, 3.8) is 0 Å². The Bertz CT molecular complexity index is 227. The maximum absolute atomic E-state index is 4.97. The molecule has 0 aliphatic heterocycles. The molecule has 1 heterocycles. The zero-order chi connectivity index (χ0) is 8.10. The first kappa shape index (κ1) is 8.40. The highest BCUT2D eigenvalue weighted by Crippen LogP contribution is 2.08. The zero-order valence-electron chi connectivity index (χ0n) is 6.45. The van der Waals surface area contributed by atoms with Crippen molar-refractivity contribution in [3.05, 3.63) is 23.9 Å². The van der Waals surface area contributed by atoms with E-state index in [1.807, 2.05) is 12.1 Å². The van der Waals surface area contributed by atoms with Crippen LogP contribution in [0.1, 0.15) is 5.56 Å². The van der Waals surface area contributed by atoms with Crippen LogP contribution in [0.3, 0.4) is 0 Å². The normalized spacial score (nSPS) is 9.64. The number of pyridine rings is 1. The van der Waals surface area contributed by atoms with E-state index < -0.39 is 0 Å². The summed E-state index contributed by atoms with van der Waals surface area (Å²) in [6, 6.07) is 3.90. The molecule has 1 aromatic rings. The van der Waals surface area contributed by atoms with Crippen LogP contribution in [0.15, 0.2) is 18.3 Å². The highest BCUT2D eigenvalue weighted by molar-refractivity contribution is 7.80. The first-order chi connectivity index (χ1) is 5.36. The molecule has 0 unspecified atom stereocenters. The third-order valence-corrected chi connectivity index (χ3v) is 1.63. The molecular formula is C8H11NOS. The van der Waals surface area contributed by atoms with Crippen molar-refractivity contribution in [1.82, 2.24) is 4.98 Å². The monoisotopic (exact) mass is 169 g/mol. The molecule has 0 saturated heterocycles. The molecule has 11 heavy (non-hydrogen) atoms. The summed E-state index contributed by atoms with van der Waals surface area (Å²) >= 11 is 4.13. The van der Waals surface area contributed by atoms with Gasteiger partial charge in [0, 0.05) is 12.3 Å². The van der Waals surface area contributed by atoms with Crippen molar-refractivity contribution in [2.24, 2.45) is 0 Å². The molecule has 0 aromatic carbocycles. The van der Waals surface area contributed by atoms with E-state index in [2.05, 4.69) is 17.6 Å². The summed E-state index contributed by atoms with van der Waals surface area (Å²) in [6.07, 6.45) is 2.71. The van der Waals surface area contributed by atoms with Crippen LogP contribution in [-0.4, -0.2) is 17.8 Å². The Morgan fingerprint density at radius 2 is 2.45 bits per heavy atom. The van der Waals surface area contributed by atoms with E-state index in [4.69, 9.17) is 4.74 Å². The second kappa shape index (κ2) is 4.23. The van der Waals surface area contributed by atoms with Crippen LogP contribution >= 0.6 is 12.6 Å². The Morgan fingerprint density at radius 1 is 1.64 bits per heavy atom. The quantitative estimate of drug-likeness (QED) is 0.694. The second-order valence-electron chi connectivity index (χ2n) is 2.18. The van der Waals surface area contributed by atoms with Gasteiger partial charge in [0.1, 0.15) is 0 Å². The van der Waals surface area contributed by atoms with Crippen molar-refractivity contribution in [2.45, 2.75) is 6.42 Å². The molecular weight excluding hydrogens is 158 g/mol. The van der Waals surface area contributed by atoms with Crippen molar-refractivity contribution in [2.75, 3.05) is 12.9 Å². The fraction of sp³-hybridized carbons (Fsp3) is 0.375. The maximum atomic E-state index is 4.97. The third-order valence-electron chi connectivity index (χ3n) is 1.41. The van der Waals surface area contributed by atoms with Gasteiger partial charge in [0.05, 0.1) is 7.11 Å². The van der Waals surface area contributed by atoms with Gasteiger partial charge >= 0.3 is 0 Å². The number of ether oxygens (including phenoxy) is 1. The molecule has 60 valence electrons. The van der Waals surface area contributed by atoms with E-state index >= 15 is 0 Å². The molecule has 0 aliphatic carbocycles. The standard InChI is InChI=1S/C8H11NOS/c1-10-8-6-7(3-5-11)2-4-9-8/h2,4,6,11H,3,5H2,1H3. The summed E-state index contributed by atoms with van der Waals surface area (Å²) < 4.78 is 4.97. The van der Waals surface area contributed by atoms with Gasteiger partial charge in [-0.1, -0.05) is 0 Å². The van der Waals surface area contributed by atoms with Crippen molar-refractivity contribution in [1.29, 1.82) is 0 Å². The van der Waals surface area contributed by atoms with Crippen LogP contribution in [0.25, 0.3) is 0 Å². The van der Waals surface area contributed by atoms with E-state index in [1.54, 1.807) is 13.3 Å². The lowest BCUT2D eigenvalue weighted by Crippen LogP contribution is -1.90. The summed E-state index contributed by atoms with van der Waals surface area (Å²) in [5.41, 5.74) is 1.21. The van der Waals surface area contributed by atoms with Gasteiger partial charge in [-0.25, -0.2) is 4.98 Å². The highest BCUT2D eigenvalue weighted by Gasteiger charge is 1.94. The van der Waals surface area contributed by atoms with Crippen LogP contribution < -0.4 is 4.74 Å². The lowest BCUT2D eigenvalue weighted by molar-refractivity contribution is 0.397. The number of thiol groups is 1. The molecule has 0 N–H and O–H groups in total. The minimum absolute atomic E-state index is 0.671. The van der Waals surface area contributed by atoms with Gasteiger partial charge in [-0.15, -0.1) is 0 Å². The topological polar surface area (TPSA) is 22.1 Å². The van der Waals surface area contributed by atoms with Gasteiger partial charge in [0.15, 0.2) is 0 Å². The first-order valence-electron chi connectivity index (χ1n) is 3.46. The maximum Gasteiger partial charge on any atom is 0.213 e. The predicted molar refractivity (Wildman–Crippen MR) is 48.3 cm³/mol. The molecule has 0 atom stereocenters. The average Bonchev–Trinajstić information content (AvgIpc) is 2.06. The predicted octanol–water partition coefficient (Wildman–Crippen LogP) is 1.56. The van der Waals surface area contributed by atoms with Gasteiger partial charge < -0.3 is 4.74 Å². The summed E-state index contributed by atoms with van der Waals surface area (Å²) in [4.78, 5) is 3.99. The smallest absolute Gasteiger partial charge is 0.213 e. The fourth-order valence-corrected chi connectivity index (χ4v) is 1.10. The van der Waals surface area contributed by atoms with Crippen LogP contribution in [0.4, 0.5) is 0 Å². The lowest BCUT2D eigenvalue weighted by Gasteiger charge is -2.00. The molecule has 3 heteroatoms. The molecule has 1 aromatic heterocycles. The van der Waals surface area contributed by atoms with Crippen molar-refractivity contribution < 1.29 is 4.74 Å². The minimum atomic E-state index is 0.671. The fourth-order valence-electron chi connectivity index (χ4n) is 0.847. The molecule has 1 rings (SSSR count). The highest BCUT2D eigenvalue weighted by atomic mass is 32.1. The van der Waals surface area contributed by atoms with Crippen LogP contribution in [-0.2, 0) is 6.42 Å². The summed E-state index contributed by atoms with van der Waals surface area (Å²) in [5, 5.41) is 0. The number of aryl methyl sites for hydroxylation is 1.